The summed E-state index contributed by atoms with van der Waals surface area (Å²) in [6, 6.07) is 0.726. The number of hydrogen-bond acceptors (Lipinski definition) is 4. The van der Waals surface area contributed by atoms with Gasteiger partial charge < -0.3 is 15.0 Å². The van der Waals surface area contributed by atoms with Gasteiger partial charge in [-0.05, 0) is 77.8 Å². The average molecular weight is 345 g/mol. The van der Waals surface area contributed by atoms with E-state index in [1.165, 1.54) is 12.2 Å². The Hall–Kier alpha value is -0.420. The predicted molar refractivity (Wildman–Crippen MR) is 100 cm³/mol. The summed E-state index contributed by atoms with van der Waals surface area (Å²) in [6.45, 7) is 12.2. The van der Waals surface area contributed by atoms with E-state index in [4.69, 9.17) is 4.74 Å². The number of thioether (sulfide) groups is 1. The van der Waals surface area contributed by atoms with Crippen LogP contribution in [0, 0.1) is 5.92 Å². The molecule has 0 aromatic rings. The van der Waals surface area contributed by atoms with Crippen LogP contribution in [-0.2, 0) is 4.74 Å². The lowest BCUT2D eigenvalue weighted by molar-refractivity contribution is 0.00788. The number of rotatable bonds is 7. The highest BCUT2D eigenvalue weighted by Crippen LogP contribution is 2.23. The third kappa shape index (κ3) is 8.30. The second-order valence-corrected chi connectivity index (χ2v) is 8.84. The van der Waals surface area contributed by atoms with Crippen molar-refractivity contribution >= 4 is 17.9 Å². The summed E-state index contributed by atoms with van der Waals surface area (Å²) in [6.07, 6.45) is 6.39. The Morgan fingerprint density at radius 3 is 2.65 bits per heavy atom. The van der Waals surface area contributed by atoms with Gasteiger partial charge in [0.05, 0.1) is 0 Å². The molecule has 3 unspecified atom stereocenters. The third-order valence-corrected chi connectivity index (χ3v) is 5.05. The maximum Gasteiger partial charge on any atom is 0.410 e. The number of amides is 1. The number of ether oxygens (including phenoxy) is 1. The zero-order valence-electron chi connectivity index (χ0n) is 15.9. The minimum atomic E-state index is -0.420. The molecule has 4 nitrogen and oxygen atoms in total. The zero-order chi connectivity index (χ0) is 17.5. The second-order valence-electron chi connectivity index (χ2n) is 7.93. The summed E-state index contributed by atoms with van der Waals surface area (Å²) in [7, 11) is 0. The van der Waals surface area contributed by atoms with Crippen LogP contribution in [0.15, 0.2) is 0 Å². The second kappa shape index (κ2) is 9.77. The molecule has 23 heavy (non-hydrogen) atoms. The highest BCUT2D eigenvalue weighted by atomic mass is 32.2. The van der Waals surface area contributed by atoms with E-state index in [1.54, 1.807) is 0 Å². The Balaban J connectivity index is 2.49. The van der Waals surface area contributed by atoms with Gasteiger partial charge in [-0.2, -0.15) is 11.8 Å². The molecule has 0 spiro atoms. The molecule has 1 N–H and O–H groups in total. The van der Waals surface area contributed by atoms with Gasteiger partial charge in [0.1, 0.15) is 5.60 Å². The number of hydrogen-bond donors (Lipinski definition) is 1. The van der Waals surface area contributed by atoms with Gasteiger partial charge in [0.25, 0.3) is 0 Å². The van der Waals surface area contributed by atoms with Crippen LogP contribution < -0.4 is 5.32 Å². The van der Waals surface area contributed by atoms with E-state index >= 15 is 0 Å². The van der Waals surface area contributed by atoms with E-state index in [2.05, 4.69) is 25.4 Å². The van der Waals surface area contributed by atoms with E-state index < -0.39 is 5.60 Å². The number of likely N-dealkylation sites (tertiary alicyclic amines) is 1. The van der Waals surface area contributed by atoms with Crippen LogP contribution in [0.25, 0.3) is 0 Å². The first-order chi connectivity index (χ1) is 10.7. The monoisotopic (exact) mass is 344 g/mol. The fourth-order valence-electron chi connectivity index (χ4n) is 3.04. The smallest absolute Gasteiger partial charge is 0.410 e. The molecule has 0 radical (unpaired) electrons. The number of carbonyl (C=O) groups is 1. The average Bonchev–Trinajstić information content (AvgIpc) is 2.44. The number of carbonyl (C=O) groups excluding carboxylic acids is 1. The van der Waals surface area contributed by atoms with Crippen LogP contribution in [-0.4, -0.2) is 53.8 Å². The van der Waals surface area contributed by atoms with Gasteiger partial charge in [-0.15, -0.1) is 0 Å². The molecule has 136 valence electrons. The van der Waals surface area contributed by atoms with E-state index in [0.29, 0.717) is 18.0 Å². The lowest BCUT2D eigenvalue weighted by atomic mass is 9.96. The molecule has 0 saturated carbocycles. The summed E-state index contributed by atoms with van der Waals surface area (Å²) < 4.78 is 5.58. The maximum absolute atomic E-state index is 12.4. The molecule has 0 aliphatic carbocycles. The van der Waals surface area contributed by atoms with Gasteiger partial charge in [0, 0.05) is 18.6 Å². The Bertz CT molecular complexity index is 357. The fourth-order valence-corrected chi connectivity index (χ4v) is 3.73. The van der Waals surface area contributed by atoms with Gasteiger partial charge in [-0.3, -0.25) is 0 Å². The Labute approximate surface area is 147 Å². The van der Waals surface area contributed by atoms with Crippen molar-refractivity contribution in [2.24, 2.45) is 5.92 Å². The van der Waals surface area contributed by atoms with E-state index in [-0.39, 0.29) is 6.09 Å². The number of nitrogens with zero attached hydrogens (tertiary/aromatic N) is 1. The van der Waals surface area contributed by atoms with Gasteiger partial charge in [-0.1, -0.05) is 6.92 Å². The third-order valence-electron chi connectivity index (χ3n) is 4.15. The molecule has 1 rings (SSSR count). The van der Waals surface area contributed by atoms with E-state index in [0.717, 1.165) is 32.4 Å². The Morgan fingerprint density at radius 1 is 1.35 bits per heavy atom. The summed E-state index contributed by atoms with van der Waals surface area (Å²) in [5.41, 5.74) is -0.420. The summed E-state index contributed by atoms with van der Waals surface area (Å²) in [4.78, 5) is 14.4. The summed E-state index contributed by atoms with van der Waals surface area (Å²) in [5.74, 6) is 1.87. The first-order valence-electron chi connectivity index (χ1n) is 8.95. The van der Waals surface area contributed by atoms with Crippen LogP contribution in [0.5, 0.6) is 0 Å². The standard InChI is InChI=1S/C18H36N2O2S/c1-14(13-23-6)12-19-15(2)11-16-9-7-8-10-20(16)17(21)22-18(3,4)5/h14-16,19H,7-13H2,1-6H3. The molecule has 1 saturated heterocycles. The van der Waals surface area contributed by atoms with Crippen LogP contribution in [0.2, 0.25) is 0 Å². The van der Waals surface area contributed by atoms with Gasteiger partial charge in [0.2, 0.25) is 0 Å². The highest BCUT2D eigenvalue weighted by Gasteiger charge is 2.31. The lowest BCUT2D eigenvalue weighted by Crippen LogP contribution is -2.48. The normalized spacial score (nSPS) is 21.8. The molecule has 0 aromatic carbocycles. The maximum atomic E-state index is 12.4. The first-order valence-corrected chi connectivity index (χ1v) is 10.3. The minimum Gasteiger partial charge on any atom is -0.444 e. The quantitative estimate of drug-likeness (QED) is 0.753. The molecule has 0 bridgehead atoms. The van der Waals surface area contributed by atoms with Crippen molar-refractivity contribution in [2.75, 3.05) is 25.1 Å². The van der Waals surface area contributed by atoms with E-state index in [9.17, 15) is 4.79 Å². The molecule has 1 heterocycles. The van der Waals surface area contributed by atoms with E-state index in [1.807, 2.05) is 37.4 Å². The van der Waals surface area contributed by atoms with Gasteiger partial charge >= 0.3 is 6.09 Å². The molecule has 1 amide bonds. The number of nitrogens with one attached hydrogen (secondary N) is 1. The van der Waals surface area contributed by atoms with Crippen molar-refractivity contribution in [1.82, 2.24) is 10.2 Å². The first kappa shape index (κ1) is 20.6. The molecule has 1 fully saturated rings. The minimum absolute atomic E-state index is 0.148. The summed E-state index contributed by atoms with van der Waals surface area (Å²) >= 11 is 1.90. The van der Waals surface area contributed by atoms with Crippen molar-refractivity contribution in [3.63, 3.8) is 0 Å². The molecule has 5 heteroatoms. The molecule has 0 aromatic heterocycles. The highest BCUT2D eigenvalue weighted by molar-refractivity contribution is 7.98. The van der Waals surface area contributed by atoms with Crippen molar-refractivity contribution < 1.29 is 9.53 Å². The van der Waals surface area contributed by atoms with Crippen LogP contribution in [0.4, 0.5) is 4.79 Å². The molecule has 1 aliphatic rings. The lowest BCUT2D eigenvalue weighted by Gasteiger charge is -2.38. The molecular weight excluding hydrogens is 308 g/mol. The van der Waals surface area contributed by atoms with Crippen LogP contribution in [0.1, 0.15) is 60.3 Å². The SMILES string of the molecule is CSCC(C)CNC(C)CC1CCCCN1C(=O)OC(C)(C)C. The fraction of sp³-hybridized carbons (Fsp3) is 0.944. The Morgan fingerprint density at radius 2 is 2.04 bits per heavy atom. The van der Waals surface area contributed by atoms with Crippen molar-refractivity contribution in [1.29, 1.82) is 0 Å². The number of piperidine rings is 1. The van der Waals surface area contributed by atoms with Gasteiger partial charge in [0.15, 0.2) is 0 Å². The molecular formula is C18H36N2O2S. The van der Waals surface area contributed by atoms with Crippen LogP contribution >= 0.6 is 11.8 Å². The predicted octanol–water partition coefficient (Wildman–Crippen LogP) is 4.14. The van der Waals surface area contributed by atoms with Crippen molar-refractivity contribution in [3.05, 3.63) is 0 Å². The molecule has 1 aliphatic heterocycles. The van der Waals surface area contributed by atoms with Gasteiger partial charge in [-0.25, -0.2) is 4.79 Å². The molecule has 3 atom stereocenters. The van der Waals surface area contributed by atoms with Crippen LogP contribution in [0.3, 0.4) is 0 Å². The zero-order valence-corrected chi connectivity index (χ0v) is 16.7. The largest absolute Gasteiger partial charge is 0.444 e. The van der Waals surface area contributed by atoms with Crippen molar-refractivity contribution in [2.45, 2.75) is 78.0 Å². The topological polar surface area (TPSA) is 41.6 Å². The van der Waals surface area contributed by atoms with Crippen molar-refractivity contribution in [3.8, 4) is 0 Å². The Kier molecular flexibility index (Phi) is 8.76. The summed E-state index contributed by atoms with van der Waals surface area (Å²) in [5, 5.41) is 3.63.